The van der Waals surface area contributed by atoms with Gasteiger partial charge in [0, 0.05) is 69.7 Å². The molecule has 0 unspecified atom stereocenters. The summed E-state index contributed by atoms with van der Waals surface area (Å²) in [6.45, 7) is 5.06. The van der Waals surface area contributed by atoms with Crippen molar-refractivity contribution in [3.8, 4) is 5.95 Å². The number of hydrogen-bond acceptors (Lipinski definition) is 6. The van der Waals surface area contributed by atoms with Crippen LogP contribution in [0.4, 0.5) is 0 Å². The van der Waals surface area contributed by atoms with E-state index in [0.29, 0.717) is 12.0 Å². The molecule has 1 saturated heterocycles. The Bertz CT molecular complexity index is 820. The van der Waals surface area contributed by atoms with Gasteiger partial charge in [0.1, 0.15) is 0 Å². The second-order valence-corrected chi connectivity index (χ2v) is 7.70. The van der Waals surface area contributed by atoms with Gasteiger partial charge < -0.3 is 5.11 Å². The molecule has 0 aromatic carbocycles. The van der Waals surface area contributed by atoms with Crippen LogP contribution in [-0.2, 0) is 13.1 Å². The molecule has 3 aromatic rings. The molecule has 3 aromatic heterocycles. The van der Waals surface area contributed by atoms with Crippen molar-refractivity contribution in [2.45, 2.75) is 25.6 Å². The molecule has 0 aliphatic carbocycles. The van der Waals surface area contributed by atoms with Crippen LogP contribution in [0.1, 0.15) is 17.7 Å². The van der Waals surface area contributed by atoms with Crippen LogP contribution >= 0.6 is 11.3 Å². The summed E-state index contributed by atoms with van der Waals surface area (Å²) in [6.07, 6.45) is 6.37. The SMILES string of the molecule is OCC[C@@H]1CN(Cc2cccn2-c2ncccn2)CCN1Cc1ccsc1. The first-order valence-corrected chi connectivity index (χ1v) is 10.3. The number of nitrogens with zero attached hydrogens (tertiary/aromatic N) is 5. The number of aliphatic hydroxyl groups is 1. The highest BCUT2D eigenvalue weighted by Gasteiger charge is 2.27. The highest BCUT2D eigenvalue weighted by Crippen LogP contribution is 2.20. The third kappa shape index (κ3) is 4.44. The lowest BCUT2D eigenvalue weighted by molar-refractivity contribution is 0.0492. The monoisotopic (exact) mass is 383 g/mol. The van der Waals surface area contributed by atoms with E-state index >= 15 is 0 Å². The average Bonchev–Trinajstić information content (AvgIpc) is 3.37. The summed E-state index contributed by atoms with van der Waals surface area (Å²) in [5.74, 6) is 0.709. The number of aliphatic hydroxyl groups excluding tert-OH is 1. The Morgan fingerprint density at radius 3 is 2.78 bits per heavy atom. The fourth-order valence-corrected chi connectivity index (χ4v) is 4.39. The van der Waals surface area contributed by atoms with Gasteiger partial charge in [0.25, 0.3) is 0 Å². The van der Waals surface area contributed by atoms with Gasteiger partial charge >= 0.3 is 0 Å². The van der Waals surface area contributed by atoms with E-state index < -0.39 is 0 Å². The second-order valence-electron chi connectivity index (χ2n) is 6.92. The molecule has 0 radical (unpaired) electrons. The van der Waals surface area contributed by atoms with Crippen LogP contribution in [0.3, 0.4) is 0 Å². The second kappa shape index (κ2) is 8.75. The van der Waals surface area contributed by atoms with Crippen molar-refractivity contribution in [2.24, 2.45) is 0 Å². The van der Waals surface area contributed by atoms with Crippen LogP contribution in [0.25, 0.3) is 5.95 Å². The maximum Gasteiger partial charge on any atom is 0.233 e. The molecule has 1 atom stereocenters. The van der Waals surface area contributed by atoms with Gasteiger partial charge in [-0.3, -0.25) is 14.4 Å². The molecule has 1 N–H and O–H groups in total. The van der Waals surface area contributed by atoms with Gasteiger partial charge in [-0.05, 0) is 47.0 Å². The van der Waals surface area contributed by atoms with Gasteiger partial charge in [0.15, 0.2) is 0 Å². The average molecular weight is 384 g/mol. The van der Waals surface area contributed by atoms with Crippen molar-refractivity contribution in [1.82, 2.24) is 24.3 Å². The Balaban J connectivity index is 1.43. The van der Waals surface area contributed by atoms with E-state index in [1.54, 1.807) is 23.7 Å². The maximum absolute atomic E-state index is 9.53. The summed E-state index contributed by atoms with van der Waals surface area (Å²) in [5.41, 5.74) is 2.56. The molecule has 1 fully saturated rings. The third-order valence-corrected chi connectivity index (χ3v) is 5.84. The summed E-state index contributed by atoms with van der Waals surface area (Å²) >= 11 is 1.74. The fourth-order valence-electron chi connectivity index (χ4n) is 3.73. The smallest absolute Gasteiger partial charge is 0.233 e. The van der Waals surface area contributed by atoms with Crippen molar-refractivity contribution in [3.63, 3.8) is 0 Å². The number of hydrogen-bond donors (Lipinski definition) is 1. The molecule has 6 nitrogen and oxygen atoms in total. The first-order chi connectivity index (χ1) is 13.3. The quantitative estimate of drug-likeness (QED) is 0.679. The molecule has 1 aliphatic rings. The maximum atomic E-state index is 9.53. The summed E-state index contributed by atoms with van der Waals surface area (Å²) in [4.78, 5) is 13.7. The zero-order valence-electron chi connectivity index (χ0n) is 15.3. The van der Waals surface area contributed by atoms with Gasteiger partial charge in [-0.1, -0.05) is 0 Å². The van der Waals surface area contributed by atoms with E-state index in [2.05, 4.69) is 47.2 Å². The number of thiophene rings is 1. The van der Waals surface area contributed by atoms with Gasteiger partial charge in [-0.15, -0.1) is 0 Å². The molecule has 0 bridgehead atoms. The van der Waals surface area contributed by atoms with Gasteiger partial charge in [-0.2, -0.15) is 11.3 Å². The predicted octanol–water partition coefficient (Wildman–Crippen LogP) is 2.40. The largest absolute Gasteiger partial charge is 0.396 e. The van der Waals surface area contributed by atoms with E-state index in [1.807, 2.05) is 18.3 Å². The Kier molecular flexibility index (Phi) is 5.94. The van der Waals surface area contributed by atoms with Crippen molar-refractivity contribution in [3.05, 3.63) is 64.9 Å². The predicted molar refractivity (Wildman–Crippen MR) is 107 cm³/mol. The minimum atomic E-state index is 0.229. The van der Waals surface area contributed by atoms with Crippen LogP contribution < -0.4 is 0 Å². The van der Waals surface area contributed by atoms with Crippen molar-refractivity contribution >= 4 is 11.3 Å². The minimum absolute atomic E-state index is 0.229. The molecule has 0 spiro atoms. The van der Waals surface area contributed by atoms with Crippen molar-refractivity contribution < 1.29 is 5.11 Å². The minimum Gasteiger partial charge on any atom is -0.396 e. The van der Waals surface area contributed by atoms with Crippen LogP contribution in [-0.4, -0.2) is 61.7 Å². The lowest BCUT2D eigenvalue weighted by atomic mass is 10.1. The number of rotatable bonds is 7. The van der Waals surface area contributed by atoms with E-state index in [-0.39, 0.29) is 6.61 Å². The van der Waals surface area contributed by atoms with Crippen LogP contribution in [0, 0.1) is 0 Å². The molecule has 1 aliphatic heterocycles. The van der Waals surface area contributed by atoms with Gasteiger partial charge in [-0.25, -0.2) is 9.97 Å². The summed E-state index contributed by atoms with van der Waals surface area (Å²) in [5, 5.41) is 13.9. The number of aromatic nitrogens is 3. The Morgan fingerprint density at radius 1 is 1.11 bits per heavy atom. The standard InChI is InChI=1S/C20H25N5OS/c26-11-4-18-14-23(9-10-24(18)13-17-5-12-27-16-17)15-19-3-1-8-25(19)20-21-6-2-7-22-20/h1-3,5-8,12,16,18,26H,4,9-11,13-15H2/t18-/m1/s1. The van der Waals surface area contributed by atoms with Crippen molar-refractivity contribution in [2.75, 3.05) is 26.2 Å². The highest BCUT2D eigenvalue weighted by molar-refractivity contribution is 7.07. The molecular formula is C20H25N5OS. The summed E-state index contributed by atoms with van der Waals surface area (Å²) < 4.78 is 2.05. The van der Waals surface area contributed by atoms with Gasteiger partial charge in [0.05, 0.1) is 0 Å². The fraction of sp³-hybridized carbons (Fsp3) is 0.400. The van der Waals surface area contributed by atoms with Gasteiger partial charge in [0.2, 0.25) is 5.95 Å². The molecular weight excluding hydrogens is 358 g/mol. The normalized spacial score (nSPS) is 18.8. The van der Waals surface area contributed by atoms with E-state index in [9.17, 15) is 5.11 Å². The zero-order valence-corrected chi connectivity index (χ0v) is 16.1. The lowest BCUT2D eigenvalue weighted by Gasteiger charge is -2.41. The van der Waals surface area contributed by atoms with Crippen molar-refractivity contribution in [1.29, 1.82) is 0 Å². The zero-order chi connectivity index (χ0) is 18.5. The first kappa shape index (κ1) is 18.3. The van der Waals surface area contributed by atoms with Crippen LogP contribution in [0.5, 0.6) is 0 Å². The topological polar surface area (TPSA) is 57.4 Å². The van der Waals surface area contributed by atoms with E-state index in [1.165, 1.54) is 11.3 Å². The molecule has 4 rings (SSSR count). The molecule has 0 amide bonds. The van der Waals surface area contributed by atoms with Crippen LogP contribution in [0.15, 0.2) is 53.6 Å². The molecule has 27 heavy (non-hydrogen) atoms. The molecule has 142 valence electrons. The van der Waals surface area contributed by atoms with E-state index in [4.69, 9.17) is 0 Å². The molecule has 0 saturated carbocycles. The van der Waals surface area contributed by atoms with Crippen LogP contribution in [0.2, 0.25) is 0 Å². The summed E-state index contributed by atoms with van der Waals surface area (Å²) in [7, 11) is 0. The Morgan fingerprint density at radius 2 is 2.00 bits per heavy atom. The highest BCUT2D eigenvalue weighted by atomic mass is 32.1. The van der Waals surface area contributed by atoms with E-state index in [0.717, 1.165) is 39.1 Å². The lowest BCUT2D eigenvalue weighted by Crippen LogP contribution is -2.52. The third-order valence-electron chi connectivity index (χ3n) is 5.10. The Labute approximate surface area is 163 Å². The molecule has 7 heteroatoms. The number of piperazine rings is 1. The summed E-state index contributed by atoms with van der Waals surface area (Å²) in [6, 6.07) is 8.58. The first-order valence-electron chi connectivity index (χ1n) is 9.35. The molecule has 4 heterocycles. The Hall–Kier alpha value is -2.06.